The first kappa shape index (κ1) is 9.27. The zero-order valence-corrected chi connectivity index (χ0v) is 9.67. The van der Waals surface area contributed by atoms with Gasteiger partial charge in [0.25, 0.3) is 0 Å². The van der Waals surface area contributed by atoms with Crippen molar-refractivity contribution >= 4 is 22.6 Å². The summed E-state index contributed by atoms with van der Waals surface area (Å²) in [4.78, 5) is 0. The highest BCUT2D eigenvalue weighted by Gasteiger charge is 2.20. The Labute approximate surface area is 91.6 Å². The van der Waals surface area contributed by atoms with E-state index in [9.17, 15) is 0 Å². The van der Waals surface area contributed by atoms with Gasteiger partial charge in [0.15, 0.2) is 0 Å². The molecular weight excluding hydrogens is 277 g/mol. The summed E-state index contributed by atoms with van der Waals surface area (Å²) >= 11 is 2.30. The molecule has 0 spiro atoms. The third-order valence-corrected chi connectivity index (χ3v) is 3.09. The van der Waals surface area contributed by atoms with Gasteiger partial charge in [0.2, 0.25) is 0 Å². The van der Waals surface area contributed by atoms with E-state index in [0.717, 1.165) is 24.3 Å². The van der Waals surface area contributed by atoms with Crippen LogP contribution in [-0.4, -0.2) is 6.61 Å². The predicted molar refractivity (Wildman–Crippen MR) is 60.9 cm³/mol. The van der Waals surface area contributed by atoms with E-state index < -0.39 is 0 Å². The normalized spacial score (nSPS) is 20.7. The Morgan fingerprint density at radius 3 is 3.08 bits per heavy atom. The highest BCUT2D eigenvalue weighted by atomic mass is 127. The molecule has 0 saturated heterocycles. The SMILES string of the molecule is Cc1cc(I)c2c(c1)[C@@H](N)CCO2. The first-order valence-electron chi connectivity index (χ1n) is 4.37. The van der Waals surface area contributed by atoms with Gasteiger partial charge in [-0.1, -0.05) is 6.07 Å². The van der Waals surface area contributed by atoms with Crippen LogP contribution < -0.4 is 10.5 Å². The molecule has 1 heterocycles. The Balaban J connectivity index is 2.56. The second-order valence-corrected chi connectivity index (χ2v) is 4.57. The smallest absolute Gasteiger partial charge is 0.137 e. The van der Waals surface area contributed by atoms with Gasteiger partial charge < -0.3 is 10.5 Å². The molecule has 1 aromatic rings. The van der Waals surface area contributed by atoms with Crippen molar-refractivity contribution in [1.82, 2.24) is 0 Å². The van der Waals surface area contributed by atoms with Crippen LogP contribution in [0.1, 0.15) is 23.6 Å². The lowest BCUT2D eigenvalue weighted by Gasteiger charge is -2.24. The molecule has 2 N–H and O–H groups in total. The molecule has 13 heavy (non-hydrogen) atoms. The van der Waals surface area contributed by atoms with Gasteiger partial charge in [-0.2, -0.15) is 0 Å². The van der Waals surface area contributed by atoms with Gasteiger partial charge in [-0.25, -0.2) is 0 Å². The molecule has 0 bridgehead atoms. The summed E-state index contributed by atoms with van der Waals surface area (Å²) in [6, 6.07) is 4.40. The fourth-order valence-electron chi connectivity index (χ4n) is 1.63. The third kappa shape index (κ3) is 1.67. The van der Waals surface area contributed by atoms with E-state index >= 15 is 0 Å². The van der Waals surface area contributed by atoms with Crippen molar-refractivity contribution in [2.45, 2.75) is 19.4 Å². The second kappa shape index (κ2) is 3.46. The largest absolute Gasteiger partial charge is 0.492 e. The highest BCUT2D eigenvalue weighted by Crippen LogP contribution is 2.35. The van der Waals surface area contributed by atoms with Crippen molar-refractivity contribution in [3.05, 3.63) is 26.8 Å². The van der Waals surface area contributed by atoms with E-state index in [4.69, 9.17) is 10.5 Å². The molecule has 1 aromatic carbocycles. The van der Waals surface area contributed by atoms with Crippen molar-refractivity contribution in [3.63, 3.8) is 0 Å². The molecule has 0 saturated carbocycles. The Bertz CT molecular complexity index is 338. The maximum Gasteiger partial charge on any atom is 0.137 e. The molecule has 0 radical (unpaired) electrons. The van der Waals surface area contributed by atoms with Gasteiger partial charge in [-0.3, -0.25) is 0 Å². The van der Waals surface area contributed by atoms with Gasteiger partial charge >= 0.3 is 0 Å². The number of fused-ring (bicyclic) bond motifs is 1. The maximum absolute atomic E-state index is 6.00. The number of hydrogen-bond acceptors (Lipinski definition) is 2. The number of hydrogen-bond donors (Lipinski definition) is 1. The van der Waals surface area contributed by atoms with Crippen molar-refractivity contribution in [1.29, 1.82) is 0 Å². The summed E-state index contributed by atoms with van der Waals surface area (Å²) in [5.41, 5.74) is 8.42. The van der Waals surface area contributed by atoms with Crippen molar-refractivity contribution in [2.24, 2.45) is 5.73 Å². The van der Waals surface area contributed by atoms with Gasteiger partial charge in [-0.15, -0.1) is 0 Å². The summed E-state index contributed by atoms with van der Waals surface area (Å²) in [7, 11) is 0. The minimum atomic E-state index is 0.150. The van der Waals surface area contributed by atoms with Crippen molar-refractivity contribution in [3.8, 4) is 5.75 Å². The maximum atomic E-state index is 6.00. The number of halogens is 1. The minimum absolute atomic E-state index is 0.150. The third-order valence-electron chi connectivity index (χ3n) is 2.29. The van der Waals surface area contributed by atoms with Crippen molar-refractivity contribution < 1.29 is 4.74 Å². The summed E-state index contributed by atoms with van der Waals surface area (Å²) < 4.78 is 6.76. The quantitative estimate of drug-likeness (QED) is 0.744. The first-order valence-corrected chi connectivity index (χ1v) is 5.45. The van der Waals surface area contributed by atoms with Crippen LogP contribution in [0.25, 0.3) is 0 Å². The molecule has 3 heteroatoms. The summed E-state index contributed by atoms with van der Waals surface area (Å²) in [6.45, 7) is 2.83. The summed E-state index contributed by atoms with van der Waals surface area (Å²) in [5, 5.41) is 0. The molecular formula is C10H12INO. The van der Waals surface area contributed by atoms with E-state index in [1.165, 1.54) is 9.13 Å². The van der Waals surface area contributed by atoms with Crippen LogP contribution in [0.5, 0.6) is 5.75 Å². The molecule has 0 fully saturated rings. The monoisotopic (exact) mass is 289 g/mol. The molecule has 1 aliphatic heterocycles. The minimum Gasteiger partial charge on any atom is -0.492 e. The molecule has 0 aliphatic carbocycles. The van der Waals surface area contributed by atoms with E-state index in [1.807, 2.05) is 0 Å². The van der Waals surface area contributed by atoms with Gasteiger partial charge in [0.1, 0.15) is 5.75 Å². The Morgan fingerprint density at radius 1 is 1.54 bits per heavy atom. The number of aryl methyl sites for hydroxylation is 1. The second-order valence-electron chi connectivity index (χ2n) is 3.41. The number of nitrogens with two attached hydrogens (primary N) is 1. The van der Waals surface area contributed by atoms with Crippen LogP contribution in [0.2, 0.25) is 0 Å². The van der Waals surface area contributed by atoms with Crippen LogP contribution in [0.3, 0.4) is 0 Å². The van der Waals surface area contributed by atoms with Crippen LogP contribution in [-0.2, 0) is 0 Å². The van der Waals surface area contributed by atoms with Gasteiger partial charge in [0.05, 0.1) is 10.2 Å². The fraction of sp³-hybridized carbons (Fsp3) is 0.400. The Kier molecular flexibility index (Phi) is 2.47. The Morgan fingerprint density at radius 2 is 2.31 bits per heavy atom. The standard InChI is InChI=1S/C10H12INO/c1-6-4-7-9(12)2-3-13-10(7)8(11)5-6/h4-5,9H,2-3,12H2,1H3/t9-/m0/s1. The zero-order chi connectivity index (χ0) is 9.42. The molecule has 1 atom stereocenters. The molecule has 0 unspecified atom stereocenters. The van der Waals surface area contributed by atoms with E-state index in [2.05, 4.69) is 41.6 Å². The highest BCUT2D eigenvalue weighted by molar-refractivity contribution is 14.1. The number of ether oxygens (including phenoxy) is 1. The molecule has 70 valence electrons. The lowest BCUT2D eigenvalue weighted by atomic mass is 10.00. The predicted octanol–water partition coefficient (Wildman–Crippen LogP) is 2.38. The van der Waals surface area contributed by atoms with Gasteiger partial charge in [-0.05, 0) is 41.1 Å². The summed E-state index contributed by atoms with van der Waals surface area (Å²) in [5.74, 6) is 0.991. The average Bonchev–Trinajstić information content (AvgIpc) is 2.07. The van der Waals surface area contributed by atoms with Crippen LogP contribution >= 0.6 is 22.6 Å². The fourth-order valence-corrected chi connectivity index (χ4v) is 2.59. The first-order chi connectivity index (χ1) is 6.18. The summed E-state index contributed by atoms with van der Waals surface area (Å²) in [6.07, 6.45) is 0.923. The number of rotatable bonds is 0. The lowest BCUT2D eigenvalue weighted by molar-refractivity contribution is 0.267. The van der Waals surface area contributed by atoms with Crippen LogP contribution in [0.4, 0.5) is 0 Å². The molecule has 1 aliphatic rings. The van der Waals surface area contributed by atoms with E-state index in [-0.39, 0.29) is 6.04 Å². The topological polar surface area (TPSA) is 35.2 Å². The zero-order valence-electron chi connectivity index (χ0n) is 7.51. The number of benzene rings is 1. The van der Waals surface area contributed by atoms with Crippen LogP contribution in [0.15, 0.2) is 12.1 Å². The van der Waals surface area contributed by atoms with Crippen LogP contribution in [0, 0.1) is 10.5 Å². The van der Waals surface area contributed by atoms with E-state index in [1.54, 1.807) is 0 Å². The van der Waals surface area contributed by atoms with E-state index in [0.29, 0.717) is 0 Å². The Hall–Kier alpha value is -0.290. The molecule has 0 aromatic heterocycles. The molecule has 2 nitrogen and oxygen atoms in total. The lowest BCUT2D eigenvalue weighted by Crippen LogP contribution is -2.21. The average molecular weight is 289 g/mol. The van der Waals surface area contributed by atoms with Gasteiger partial charge in [0, 0.05) is 18.0 Å². The molecule has 0 amide bonds. The van der Waals surface area contributed by atoms with Crippen molar-refractivity contribution in [2.75, 3.05) is 6.61 Å². The molecule has 2 rings (SSSR count).